The largest absolute Gasteiger partial charge is 0.494 e. The van der Waals surface area contributed by atoms with Crippen LogP contribution >= 0.6 is 0 Å². The van der Waals surface area contributed by atoms with Crippen LogP contribution in [0.3, 0.4) is 0 Å². The second-order valence-electron chi connectivity index (χ2n) is 9.76. The molecule has 0 aliphatic rings. The predicted molar refractivity (Wildman–Crippen MR) is 151 cm³/mol. The van der Waals surface area contributed by atoms with E-state index in [-0.39, 0.29) is 5.91 Å². The molecule has 0 radical (unpaired) electrons. The molecule has 0 saturated heterocycles. The SMILES string of the molecule is Cc1ccc(OCCCn2c(CCCCCNC(=O)CCc3ccccc3)nc3ccccc32)cc1C. The van der Waals surface area contributed by atoms with Crippen LogP contribution in [-0.2, 0) is 24.2 Å². The van der Waals surface area contributed by atoms with Crippen LogP contribution in [-0.4, -0.2) is 28.6 Å². The van der Waals surface area contributed by atoms with E-state index in [0.29, 0.717) is 13.0 Å². The number of benzene rings is 3. The van der Waals surface area contributed by atoms with Crippen LogP contribution in [0.25, 0.3) is 11.0 Å². The Bertz CT molecular complexity index is 1280. The van der Waals surface area contributed by atoms with Gasteiger partial charge in [0.25, 0.3) is 0 Å². The Hall–Kier alpha value is -3.60. The summed E-state index contributed by atoms with van der Waals surface area (Å²) in [5.41, 5.74) is 5.99. The predicted octanol–water partition coefficient (Wildman–Crippen LogP) is 6.58. The lowest BCUT2D eigenvalue weighted by Gasteiger charge is -2.11. The monoisotopic (exact) mass is 497 g/mol. The number of aryl methyl sites for hydroxylation is 5. The van der Waals surface area contributed by atoms with E-state index < -0.39 is 0 Å². The first-order chi connectivity index (χ1) is 18.1. The summed E-state index contributed by atoms with van der Waals surface area (Å²) in [4.78, 5) is 17.0. The number of nitrogens with zero attached hydrogens (tertiary/aromatic N) is 2. The van der Waals surface area contributed by atoms with Crippen molar-refractivity contribution in [3.63, 3.8) is 0 Å². The molecular weight excluding hydrogens is 458 g/mol. The third-order valence-corrected chi connectivity index (χ3v) is 6.89. The Morgan fingerprint density at radius 2 is 1.68 bits per heavy atom. The molecule has 0 saturated carbocycles. The molecule has 4 rings (SSSR count). The van der Waals surface area contributed by atoms with Crippen molar-refractivity contribution in [3.05, 3.63) is 95.3 Å². The van der Waals surface area contributed by atoms with Gasteiger partial charge in [0.1, 0.15) is 11.6 Å². The maximum Gasteiger partial charge on any atom is 0.220 e. The van der Waals surface area contributed by atoms with Gasteiger partial charge in [0.05, 0.1) is 17.6 Å². The molecule has 3 aromatic carbocycles. The van der Waals surface area contributed by atoms with Gasteiger partial charge in [-0.3, -0.25) is 4.79 Å². The summed E-state index contributed by atoms with van der Waals surface area (Å²) in [5.74, 6) is 2.21. The Morgan fingerprint density at radius 1 is 0.865 bits per heavy atom. The summed E-state index contributed by atoms with van der Waals surface area (Å²) >= 11 is 0. The maximum atomic E-state index is 12.1. The van der Waals surface area contributed by atoms with Crippen LogP contribution in [0.4, 0.5) is 0 Å². The lowest BCUT2D eigenvalue weighted by atomic mass is 10.1. The molecule has 0 aliphatic carbocycles. The number of carbonyl (C=O) groups is 1. The first kappa shape index (κ1) is 26.5. The Balaban J connectivity index is 1.19. The number of rotatable bonds is 14. The average Bonchev–Trinajstić information content (AvgIpc) is 3.27. The minimum absolute atomic E-state index is 0.133. The Labute approximate surface area is 220 Å². The van der Waals surface area contributed by atoms with E-state index in [4.69, 9.17) is 9.72 Å². The van der Waals surface area contributed by atoms with E-state index in [2.05, 4.69) is 66.2 Å². The highest BCUT2D eigenvalue weighted by molar-refractivity contribution is 5.76. The molecule has 0 aliphatic heterocycles. The highest BCUT2D eigenvalue weighted by Gasteiger charge is 2.10. The number of para-hydroxylation sites is 2. The van der Waals surface area contributed by atoms with E-state index in [1.807, 2.05) is 30.3 Å². The molecule has 194 valence electrons. The normalized spacial score (nSPS) is 11.1. The van der Waals surface area contributed by atoms with Crippen LogP contribution in [0.2, 0.25) is 0 Å². The van der Waals surface area contributed by atoms with Crippen molar-refractivity contribution in [2.75, 3.05) is 13.2 Å². The number of nitrogens with one attached hydrogen (secondary N) is 1. The molecule has 0 spiro atoms. The van der Waals surface area contributed by atoms with Gasteiger partial charge in [0.15, 0.2) is 0 Å². The molecule has 1 heterocycles. The average molecular weight is 498 g/mol. The summed E-state index contributed by atoms with van der Waals surface area (Å²) in [6.07, 6.45) is 6.31. The van der Waals surface area contributed by atoms with E-state index >= 15 is 0 Å². The molecule has 0 atom stereocenters. The van der Waals surface area contributed by atoms with Gasteiger partial charge in [-0.2, -0.15) is 0 Å². The third kappa shape index (κ3) is 7.94. The molecule has 0 fully saturated rings. The lowest BCUT2D eigenvalue weighted by Crippen LogP contribution is -2.24. The van der Waals surface area contributed by atoms with Gasteiger partial charge in [-0.05, 0) is 80.5 Å². The molecular formula is C32H39N3O2. The van der Waals surface area contributed by atoms with E-state index in [1.165, 1.54) is 22.2 Å². The number of carbonyl (C=O) groups excluding carboxylic acids is 1. The summed E-state index contributed by atoms with van der Waals surface area (Å²) in [6.45, 7) is 6.54. The highest BCUT2D eigenvalue weighted by atomic mass is 16.5. The minimum atomic E-state index is 0.133. The number of hydrogen-bond donors (Lipinski definition) is 1. The smallest absolute Gasteiger partial charge is 0.220 e. The summed E-state index contributed by atoms with van der Waals surface area (Å²) in [6, 6.07) is 24.8. The fourth-order valence-corrected chi connectivity index (χ4v) is 4.59. The Kier molecular flexibility index (Phi) is 9.75. The van der Waals surface area contributed by atoms with Crippen molar-refractivity contribution in [1.29, 1.82) is 0 Å². The summed E-state index contributed by atoms with van der Waals surface area (Å²) < 4.78 is 8.36. The third-order valence-electron chi connectivity index (χ3n) is 6.89. The van der Waals surface area contributed by atoms with Crippen molar-refractivity contribution in [3.8, 4) is 5.75 Å². The molecule has 1 aromatic heterocycles. The summed E-state index contributed by atoms with van der Waals surface area (Å²) in [7, 11) is 0. The molecule has 0 unspecified atom stereocenters. The fraction of sp³-hybridized carbons (Fsp3) is 0.375. The van der Waals surface area contributed by atoms with Gasteiger partial charge in [0, 0.05) is 25.9 Å². The standard InChI is InChI=1S/C32H39N3O2/c1-25-17-19-28(24-26(25)2)37-23-11-22-35-30-15-9-8-14-29(30)34-31(35)16-7-4-10-21-33-32(36)20-18-27-12-5-3-6-13-27/h3,5-6,8-9,12-15,17,19,24H,4,7,10-11,16,18,20-23H2,1-2H3,(H,33,36). The van der Waals surface area contributed by atoms with Crippen LogP contribution in [0.1, 0.15) is 54.6 Å². The highest BCUT2D eigenvalue weighted by Crippen LogP contribution is 2.20. The molecule has 37 heavy (non-hydrogen) atoms. The zero-order valence-electron chi connectivity index (χ0n) is 22.2. The van der Waals surface area contributed by atoms with Crippen LogP contribution in [0, 0.1) is 13.8 Å². The van der Waals surface area contributed by atoms with Gasteiger partial charge < -0.3 is 14.6 Å². The second-order valence-corrected chi connectivity index (χ2v) is 9.76. The molecule has 5 nitrogen and oxygen atoms in total. The number of unbranched alkanes of at least 4 members (excludes halogenated alkanes) is 2. The van der Waals surface area contributed by atoms with Crippen molar-refractivity contribution >= 4 is 16.9 Å². The number of hydrogen-bond acceptors (Lipinski definition) is 3. The van der Waals surface area contributed by atoms with E-state index in [9.17, 15) is 4.79 Å². The zero-order valence-corrected chi connectivity index (χ0v) is 22.2. The number of aromatic nitrogens is 2. The first-order valence-corrected chi connectivity index (χ1v) is 13.5. The summed E-state index contributed by atoms with van der Waals surface area (Å²) in [5, 5.41) is 3.07. The van der Waals surface area contributed by atoms with E-state index in [1.54, 1.807) is 0 Å². The minimum Gasteiger partial charge on any atom is -0.494 e. The van der Waals surface area contributed by atoms with Gasteiger partial charge in [-0.1, -0.05) is 55.0 Å². The zero-order chi connectivity index (χ0) is 25.9. The van der Waals surface area contributed by atoms with Gasteiger partial charge in [-0.15, -0.1) is 0 Å². The Morgan fingerprint density at radius 3 is 2.51 bits per heavy atom. The molecule has 5 heteroatoms. The molecule has 0 bridgehead atoms. The second kappa shape index (κ2) is 13.6. The fourth-order valence-electron chi connectivity index (χ4n) is 4.59. The van der Waals surface area contributed by atoms with Crippen molar-refractivity contribution < 1.29 is 9.53 Å². The van der Waals surface area contributed by atoms with Crippen LogP contribution < -0.4 is 10.1 Å². The number of fused-ring (bicyclic) bond motifs is 1. The van der Waals surface area contributed by atoms with Gasteiger partial charge in [-0.25, -0.2) is 4.98 Å². The van der Waals surface area contributed by atoms with Gasteiger partial charge in [0.2, 0.25) is 5.91 Å². The van der Waals surface area contributed by atoms with E-state index in [0.717, 1.165) is 68.7 Å². The van der Waals surface area contributed by atoms with Crippen molar-refractivity contribution in [1.82, 2.24) is 14.9 Å². The van der Waals surface area contributed by atoms with Gasteiger partial charge >= 0.3 is 0 Å². The molecule has 1 N–H and O–H groups in total. The van der Waals surface area contributed by atoms with Crippen LogP contribution in [0.15, 0.2) is 72.8 Å². The van der Waals surface area contributed by atoms with Crippen molar-refractivity contribution in [2.24, 2.45) is 0 Å². The van der Waals surface area contributed by atoms with Crippen LogP contribution in [0.5, 0.6) is 5.75 Å². The molecule has 1 amide bonds. The first-order valence-electron chi connectivity index (χ1n) is 13.5. The molecule has 4 aromatic rings. The quantitative estimate of drug-likeness (QED) is 0.200. The number of ether oxygens (including phenoxy) is 1. The number of imidazole rings is 1. The number of amides is 1. The maximum absolute atomic E-state index is 12.1. The lowest BCUT2D eigenvalue weighted by molar-refractivity contribution is -0.121. The van der Waals surface area contributed by atoms with Crippen molar-refractivity contribution in [2.45, 2.75) is 65.3 Å². The topological polar surface area (TPSA) is 56.1 Å².